The molecule has 0 unspecified atom stereocenters. The summed E-state index contributed by atoms with van der Waals surface area (Å²) in [7, 11) is 1.61. The second kappa shape index (κ2) is 7.33. The third-order valence-electron chi connectivity index (χ3n) is 3.53. The Labute approximate surface area is 133 Å². The maximum Gasteiger partial charge on any atom is 0.243 e. The minimum Gasteiger partial charge on any atom is -0.497 e. The molecule has 0 aliphatic carbocycles. The minimum atomic E-state index is -0.547. The van der Waals surface area contributed by atoms with Gasteiger partial charge in [-0.05, 0) is 18.1 Å². The number of anilines is 1. The molecule has 3 N–H and O–H groups in total. The largest absolute Gasteiger partial charge is 0.497 e. The van der Waals surface area contributed by atoms with Crippen molar-refractivity contribution in [2.45, 2.75) is 26.3 Å². The van der Waals surface area contributed by atoms with Crippen LogP contribution in [0.3, 0.4) is 0 Å². The molecule has 2 rings (SSSR count). The molecular weight excluding hydrogens is 300 g/mol. The van der Waals surface area contributed by atoms with Crippen LogP contribution in [0.15, 0.2) is 24.3 Å². The number of carbonyl (C=O) groups excluding carboxylic acids is 1. The molecule has 0 fully saturated rings. The van der Waals surface area contributed by atoms with Crippen molar-refractivity contribution < 1.29 is 9.53 Å². The number of carbonyl (C=O) groups is 1. The van der Waals surface area contributed by atoms with Crippen molar-refractivity contribution in [3.63, 3.8) is 0 Å². The number of aromatic nitrogens is 2. The quantitative estimate of drug-likeness (QED) is 0.853. The first-order valence-electron chi connectivity index (χ1n) is 7.09. The van der Waals surface area contributed by atoms with E-state index in [1.54, 1.807) is 7.11 Å². The summed E-state index contributed by atoms with van der Waals surface area (Å²) in [4.78, 5) is 12.0. The van der Waals surface area contributed by atoms with Crippen LogP contribution in [0.5, 0.6) is 5.75 Å². The number of nitrogens with zero attached hydrogens (tertiary/aromatic N) is 2. The Morgan fingerprint density at radius 1 is 1.45 bits per heavy atom. The number of hydrogen-bond acceptors (Lipinski definition) is 6. The molecule has 22 heavy (non-hydrogen) atoms. The second-order valence-corrected chi connectivity index (χ2v) is 6.02. The third kappa shape index (κ3) is 3.80. The van der Waals surface area contributed by atoms with Crippen LogP contribution in [-0.4, -0.2) is 29.3 Å². The topological polar surface area (TPSA) is 90.1 Å². The van der Waals surface area contributed by atoms with E-state index >= 15 is 0 Å². The Hall–Kier alpha value is -1.99. The van der Waals surface area contributed by atoms with E-state index in [-0.39, 0.29) is 11.8 Å². The van der Waals surface area contributed by atoms with Crippen molar-refractivity contribution in [2.24, 2.45) is 11.7 Å². The van der Waals surface area contributed by atoms with Crippen LogP contribution in [0.25, 0.3) is 10.6 Å². The molecule has 1 heterocycles. The molecule has 2 aromatic rings. The third-order valence-corrected chi connectivity index (χ3v) is 4.42. The van der Waals surface area contributed by atoms with Crippen molar-refractivity contribution >= 4 is 22.4 Å². The molecular formula is C15H20N4O2S. The number of methoxy groups -OCH3 is 1. The summed E-state index contributed by atoms with van der Waals surface area (Å²) in [6, 6.07) is 6.98. The van der Waals surface area contributed by atoms with Crippen molar-refractivity contribution in [1.29, 1.82) is 0 Å². The average Bonchev–Trinajstić information content (AvgIpc) is 3.01. The first kappa shape index (κ1) is 16.4. The van der Waals surface area contributed by atoms with Gasteiger partial charge >= 0.3 is 0 Å². The molecule has 2 atom stereocenters. The van der Waals surface area contributed by atoms with E-state index < -0.39 is 6.04 Å². The summed E-state index contributed by atoms with van der Waals surface area (Å²) in [5, 5.41) is 12.0. The van der Waals surface area contributed by atoms with Crippen molar-refractivity contribution in [3.8, 4) is 16.3 Å². The summed E-state index contributed by atoms with van der Waals surface area (Å²) in [5.41, 5.74) is 6.79. The van der Waals surface area contributed by atoms with E-state index in [9.17, 15) is 4.79 Å². The highest BCUT2D eigenvalue weighted by atomic mass is 32.1. The van der Waals surface area contributed by atoms with E-state index in [0.29, 0.717) is 10.1 Å². The molecule has 7 heteroatoms. The number of benzene rings is 1. The molecule has 0 aliphatic rings. The predicted octanol–water partition coefficient (Wildman–Crippen LogP) is 2.53. The lowest BCUT2D eigenvalue weighted by atomic mass is 10.00. The highest BCUT2D eigenvalue weighted by Gasteiger charge is 2.20. The number of amides is 1. The van der Waals surface area contributed by atoms with Gasteiger partial charge in [0.2, 0.25) is 11.0 Å². The lowest BCUT2D eigenvalue weighted by Gasteiger charge is -2.16. The van der Waals surface area contributed by atoms with Gasteiger partial charge in [-0.25, -0.2) is 0 Å². The highest BCUT2D eigenvalue weighted by Crippen LogP contribution is 2.28. The maximum atomic E-state index is 12.0. The van der Waals surface area contributed by atoms with Gasteiger partial charge in [0.15, 0.2) is 0 Å². The number of rotatable bonds is 6. The molecule has 0 saturated heterocycles. The van der Waals surface area contributed by atoms with Gasteiger partial charge in [0, 0.05) is 5.56 Å². The number of hydrogen-bond donors (Lipinski definition) is 2. The molecule has 6 nitrogen and oxygen atoms in total. The molecule has 0 spiro atoms. The van der Waals surface area contributed by atoms with E-state index in [4.69, 9.17) is 10.5 Å². The lowest BCUT2D eigenvalue weighted by Crippen LogP contribution is -2.40. The maximum absolute atomic E-state index is 12.0. The van der Waals surface area contributed by atoms with Crippen LogP contribution in [0, 0.1) is 5.92 Å². The summed E-state index contributed by atoms with van der Waals surface area (Å²) >= 11 is 1.30. The predicted molar refractivity (Wildman–Crippen MR) is 88.0 cm³/mol. The van der Waals surface area contributed by atoms with Crippen LogP contribution in [0.1, 0.15) is 20.3 Å². The summed E-state index contributed by atoms with van der Waals surface area (Å²) in [5.74, 6) is 0.630. The molecule has 1 amide bonds. The van der Waals surface area contributed by atoms with Gasteiger partial charge in [-0.3, -0.25) is 10.1 Å². The fraction of sp³-hybridized carbons (Fsp3) is 0.400. The minimum absolute atomic E-state index is 0.116. The van der Waals surface area contributed by atoms with Gasteiger partial charge in [0.1, 0.15) is 10.8 Å². The molecule has 0 aliphatic heterocycles. The number of ether oxygens (including phenoxy) is 1. The zero-order valence-corrected chi connectivity index (χ0v) is 13.7. The zero-order chi connectivity index (χ0) is 16.1. The van der Waals surface area contributed by atoms with Gasteiger partial charge in [0.05, 0.1) is 13.2 Å². The van der Waals surface area contributed by atoms with Crippen LogP contribution in [-0.2, 0) is 4.79 Å². The van der Waals surface area contributed by atoms with E-state index in [1.165, 1.54) is 11.3 Å². The van der Waals surface area contributed by atoms with Gasteiger partial charge in [0.25, 0.3) is 0 Å². The highest BCUT2D eigenvalue weighted by molar-refractivity contribution is 7.18. The SMILES string of the molecule is CC[C@@H](C)[C@@H](N)C(=O)Nc1nnc(-c2cccc(OC)c2)s1. The molecule has 0 bridgehead atoms. The molecule has 1 aromatic carbocycles. The van der Waals surface area contributed by atoms with Crippen LogP contribution >= 0.6 is 11.3 Å². The summed E-state index contributed by atoms with van der Waals surface area (Å²) in [6.45, 7) is 3.95. The van der Waals surface area contributed by atoms with Crippen molar-refractivity contribution in [1.82, 2.24) is 10.2 Å². The van der Waals surface area contributed by atoms with E-state index in [2.05, 4.69) is 15.5 Å². The number of nitrogens with two attached hydrogens (primary N) is 1. The first-order chi connectivity index (χ1) is 10.5. The fourth-order valence-corrected chi connectivity index (χ4v) is 2.59. The second-order valence-electron chi connectivity index (χ2n) is 5.04. The van der Waals surface area contributed by atoms with E-state index in [1.807, 2.05) is 38.1 Å². The molecule has 0 radical (unpaired) electrons. The van der Waals surface area contributed by atoms with Gasteiger partial charge in [-0.1, -0.05) is 43.7 Å². The van der Waals surface area contributed by atoms with Crippen molar-refractivity contribution in [3.05, 3.63) is 24.3 Å². The molecule has 118 valence electrons. The van der Waals surface area contributed by atoms with Gasteiger partial charge < -0.3 is 10.5 Å². The monoisotopic (exact) mass is 320 g/mol. The van der Waals surface area contributed by atoms with Crippen molar-refractivity contribution in [2.75, 3.05) is 12.4 Å². The molecule has 0 saturated carbocycles. The fourth-order valence-electron chi connectivity index (χ4n) is 1.85. The Morgan fingerprint density at radius 2 is 2.23 bits per heavy atom. The number of nitrogens with one attached hydrogen (secondary N) is 1. The summed E-state index contributed by atoms with van der Waals surface area (Å²) in [6.07, 6.45) is 0.847. The standard InChI is InChI=1S/C15H20N4O2S/c1-4-9(2)12(16)13(20)17-15-19-18-14(22-15)10-6-5-7-11(8-10)21-3/h5-9,12H,4,16H2,1-3H3,(H,17,19,20)/t9-,12-/m1/s1. The van der Waals surface area contributed by atoms with Crippen LogP contribution in [0.4, 0.5) is 5.13 Å². The molecule has 1 aromatic heterocycles. The Bertz CT molecular complexity index is 644. The summed E-state index contributed by atoms with van der Waals surface area (Å²) < 4.78 is 5.19. The van der Waals surface area contributed by atoms with Crippen LogP contribution in [0.2, 0.25) is 0 Å². The lowest BCUT2D eigenvalue weighted by molar-refractivity contribution is -0.118. The smallest absolute Gasteiger partial charge is 0.243 e. The van der Waals surface area contributed by atoms with Gasteiger partial charge in [-0.15, -0.1) is 10.2 Å². The van der Waals surface area contributed by atoms with E-state index in [0.717, 1.165) is 17.7 Å². The Kier molecular flexibility index (Phi) is 5.46. The van der Waals surface area contributed by atoms with Gasteiger partial charge in [-0.2, -0.15) is 0 Å². The average molecular weight is 320 g/mol. The van der Waals surface area contributed by atoms with Crippen LogP contribution < -0.4 is 15.8 Å². The first-order valence-corrected chi connectivity index (χ1v) is 7.91. The Balaban J connectivity index is 2.09. The Morgan fingerprint density at radius 3 is 2.91 bits per heavy atom. The zero-order valence-electron chi connectivity index (χ0n) is 12.9. The normalized spacial score (nSPS) is 13.5.